The van der Waals surface area contributed by atoms with E-state index in [2.05, 4.69) is 91.8 Å². The lowest BCUT2D eigenvalue weighted by Crippen LogP contribution is -2.41. The van der Waals surface area contributed by atoms with Gasteiger partial charge in [-0.25, -0.2) is 19.9 Å². The third kappa shape index (κ3) is 17.4. The maximum Gasteiger partial charge on any atom is 0.496 e. The number of imidazole rings is 2. The van der Waals surface area contributed by atoms with E-state index in [4.69, 9.17) is 42.4 Å². The Hall–Kier alpha value is -8.83. The number of anilines is 4. The van der Waals surface area contributed by atoms with Gasteiger partial charge in [0.05, 0.1) is 130 Å². The monoisotopic (exact) mass is 1830 g/mol. The molecule has 124 heavy (non-hydrogen) atoms. The quantitative estimate of drug-likeness (QED) is 0.101. The van der Waals surface area contributed by atoms with Crippen LogP contribution in [0.2, 0.25) is 0 Å². The van der Waals surface area contributed by atoms with Crippen molar-refractivity contribution in [3.05, 3.63) is 111 Å². The van der Waals surface area contributed by atoms with E-state index >= 15 is 0 Å². The molecular formula is C89H119B3Br2N16O14. The second kappa shape index (κ2) is 33.1. The molecule has 4 atom stereocenters. The van der Waals surface area contributed by atoms with Crippen LogP contribution in [0.5, 0.6) is 11.8 Å². The number of halogens is 2. The zero-order valence-corrected chi connectivity index (χ0v) is 78.7. The summed E-state index contributed by atoms with van der Waals surface area (Å²) in [5.41, 5.74) is 8.98. The second-order valence-corrected chi connectivity index (χ2v) is 41.1. The molecule has 7 fully saturated rings. The summed E-state index contributed by atoms with van der Waals surface area (Å²) in [6, 6.07) is 12.6. The number of ether oxygens (including phenoxy) is 2. The van der Waals surface area contributed by atoms with Gasteiger partial charge in [-0.2, -0.15) is 0 Å². The van der Waals surface area contributed by atoms with E-state index in [-0.39, 0.29) is 89.3 Å². The van der Waals surface area contributed by atoms with Crippen LogP contribution in [0.1, 0.15) is 239 Å². The first-order valence-corrected chi connectivity index (χ1v) is 43.9. The number of nitrogens with one attached hydrogen (secondary N) is 3. The summed E-state index contributed by atoms with van der Waals surface area (Å²) in [5, 5.41) is 8.55. The number of likely N-dealkylation sites (N-methyl/N-ethyl adjacent to an activating group) is 3. The highest BCUT2D eigenvalue weighted by molar-refractivity contribution is 9.10. The lowest BCUT2D eigenvalue weighted by Gasteiger charge is -2.32. The SMILES string of the molecule is C.CC1(C)C(=O)Nc2cc(Br)cnc21.CC1(C)OB(B2OC(C)(C)C(C)(C)O2)OC1(C)C.CN1C(=O)C(C)(C)c2ncc(B3OC(C)(C)C(C)(C)O3)cc21.CN1C(=O)C(C)(C)c2ncc(Br)cc21.C[C@@H](Oc1nc(-c2cnc3c(c2)N(C)C(=O)C3(C)C)cc2ncn(C3CC3)c12)[C@H]1CNC(=O)C1.Cc1cc2ncn(C3CC3)c2c(O[C@H](C)[C@H]2CNC(=O)C2)n1. The first kappa shape index (κ1) is 92.8. The molecule has 2 aliphatic carbocycles. The topological polar surface area (TPSA) is 335 Å². The minimum absolute atomic E-state index is 0. The number of fused-ring (bicyclic) bond motifs is 6. The summed E-state index contributed by atoms with van der Waals surface area (Å²) in [6.07, 6.45) is 16.1. The number of amides is 6. The number of hydrogen-bond donors (Lipinski definition) is 3. The van der Waals surface area contributed by atoms with E-state index in [1.165, 1.54) is 12.8 Å². The van der Waals surface area contributed by atoms with Crippen LogP contribution in [-0.2, 0) is 78.4 Å². The van der Waals surface area contributed by atoms with Crippen molar-refractivity contribution >= 4 is 139 Å². The third-order valence-corrected chi connectivity index (χ3v) is 27.7. The zero-order valence-electron chi connectivity index (χ0n) is 75.6. The molecule has 11 aliphatic rings. The van der Waals surface area contributed by atoms with Crippen LogP contribution in [0.15, 0.2) is 82.8 Å². The minimum Gasteiger partial charge on any atom is -0.473 e. The average molecular weight is 1830 g/mol. The molecule has 662 valence electrons. The van der Waals surface area contributed by atoms with Gasteiger partial charge < -0.3 is 77.2 Å². The Bertz CT molecular complexity index is 5470. The first-order chi connectivity index (χ1) is 57.2. The summed E-state index contributed by atoms with van der Waals surface area (Å²) < 4.78 is 54.6. The van der Waals surface area contributed by atoms with Crippen molar-refractivity contribution in [3.8, 4) is 23.0 Å². The highest BCUT2D eigenvalue weighted by Gasteiger charge is 2.64. The van der Waals surface area contributed by atoms with Crippen molar-refractivity contribution in [2.45, 2.75) is 285 Å². The summed E-state index contributed by atoms with van der Waals surface area (Å²) in [4.78, 5) is 113. The number of hydrogen-bond acceptors (Lipinski definition) is 22. The molecule has 35 heteroatoms. The number of carbonyl (C=O) groups excluding carboxylic acids is 6. The molecule has 0 radical (unpaired) electrons. The summed E-state index contributed by atoms with van der Waals surface area (Å²) >= 11 is 6.66. The molecule has 5 saturated heterocycles. The smallest absolute Gasteiger partial charge is 0.473 e. The number of nitrogens with zero attached hydrogens (tertiary/aromatic N) is 13. The van der Waals surface area contributed by atoms with Crippen LogP contribution in [0.3, 0.4) is 0 Å². The molecule has 3 N–H and O–H groups in total. The van der Waals surface area contributed by atoms with Crippen molar-refractivity contribution < 1.29 is 66.2 Å². The first-order valence-electron chi connectivity index (χ1n) is 42.3. The highest BCUT2D eigenvalue weighted by Crippen LogP contribution is 2.49. The van der Waals surface area contributed by atoms with E-state index in [1.54, 1.807) is 60.6 Å². The molecule has 17 heterocycles. The van der Waals surface area contributed by atoms with Crippen LogP contribution in [0.4, 0.5) is 22.7 Å². The highest BCUT2D eigenvalue weighted by atomic mass is 79.9. The fraction of sp³-hybridized carbons (Fsp3) is 0.573. The second-order valence-electron chi connectivity index (χ2n) is 39.2. The molecule has 0 bridgehead atoms. The van der Waals surface area contributed by atoms with Crippen LogP contribution >= 0.6 is 31.9 Å². The summed E-state index contributed by atoms with van der Waals surface area (Å²) in [6.45, 7) is 46.7. The molecule has 0 unspecified atom stereocenters. The Labute approximate surface area is 745 Å². The number of pyridine rings is 6. The van der Waals surface area contributed by atoms with Gasteiger partial charge >= 0.3 is 21.1 Å². The van der Waals surface area contributed by atoms with Crippen molar-refractivity contribution in [1.82, 2.24) is 59.6 Å². The van der Waals surface area contributed by atoms with Gasteiger partial charge in [-0.1, -0.05) is 7.43 Å². The third-order valence-electron chi connectivity index (χ3n) is 26.8. The maximum absolute atomic E-state index is 12.7. The van der Waals surface area contributed by atoms with Crippen molar-refractivity contribution in [1.29, 1.82) is 0 Å². The Morgan fingerprint density at radius 3 is 1.27 bits per heavy atom. The molecule has 2 saturated carbocycles. The maximum atomic E-state index is 12.7. The zero-order chi connectivity index (χ0) is 89.7. The van der Waals surface area contributed by atoms with Crippen molar-refractivity contribution in [2.75, 3.05) is 54.2 Å². The van der Waals surface area contributed by atoms with Crippen LogP contribution in [-0.4, -0.2) is 186 Å². The molecule has 9 aliphatic heterocycles. The van der Waals surface area contributed by atoms with Gasteiger partial charge in [-0.15, -0.1) is 0 Å². The Balaban J connectivity index is 0.000000132. The lowest BCUT2D eigenvalue weighted by atomic mass is 9.49. The number of aromatic nitrogens is 10. The molecule has 30 nitrogen and oxygen atoms in total. The van der Waals surface area contributed by atoms with Gasteiger partial charge in [-0.05, 0) is 253 Å². The molecule has 0 spiro atoms. The molecular weight excluding hydrogens is 1710 g/mol. The number of rotatable bonds is 11. The van der Waals surface area contributed by atoms with Gasteiger partial charge in [0.2, 0.25) is 47.2 Å². The molecule has 6 amide bonds. The van der Waals surface area contributed by atoms with Crippen molar-refractivity contribution in [2.24, 2.45) is 11.8 Å². The van der Waals surface area contributed by atoms with Crippen LogP contribution in [0.25, 0.3) is 33.3 Å². The van der Waals surface area contributed by atoms with Crippen LogP contribution in [0, 0.1) is 18.8 Å². The van der Waals surface area contributed by atoms with Crippen LogP contribution < -0.4 is 45.6 Å². The standard InChI is InChI=1S/C25H28N6O3.C16H23BN2O3.C16H20N4O2.C12H24B2O4.C10H11BrN2O.C9H9BrN2O.CH4/c1-13(14-8-20(32)26-10-14)34-23-21-18(28-12-31(21)16-5-6-16)9-17(29-23)15-7-19-22(27-11-15)25(2,3)24(33)30(19)4;1-14(2)12-11(19(7)13(14)20)8-10(9-18-12)17-21-15(3,4)16(5,6)22-17;1-9-5-13-15(20(8-18-13)12-3-4-12)16(19-9)22-10(2)11-6-14(21)17-7-11;1-9(2)10(3,4)16-13(15-9)14-17-11(5,6)12(7,8)18-14;1-10(2)8-7(13(3)9(10)14)4-6(11)5-12-8;1-9(2)7-6(12-8(9)13)3-5(10)4-11-7;/h7,9,11-14,16H,5-6,8,10H2,1-4H3,(H,26,32);8-9H,1-7H3;5,8,10-12H,3-4,6-7H2,1-2H3,(H,17,21);1-8H3;4-5H,1-3H3;3-4H,1-2H3,(H,12,13);1H4/t13-,14-;;10-,11-;;;;/m1.1..../s1. The largest absolute Gasteiger partial charge is 0.496 e. The van der Waals surface area contributed by atoms with Gasteiger partial charge in [-0.3, -0.25) is 48.7 Å². The van der Waals surface area contributed by atoms with Gasteiger partial charge in [0.1, 0.15) is 23.2 Å². The Kier molecular flexibility index (Phi) is 24.8. The van der Waals surface area contributed by atoms with E-state index in [1.807, 2.05) is 208 Å². The molecule has 8 aromatic heterocycles. The number of carbonyl (C=O) groups is 6. The lowest BCUT2D eigenvalue weighted by molar-refractivity contribution is -0.122. The predicted molar refractivity (Wildman–Crippen MR) is 486 cm³/mol. The van der Waals surface area contributed by atoms with Gasteiger partial charge in [0.15, 0.2) is 0 Å². The molecule has 0 aromatic carbocycles. The molecule has 8 aromatic rings. The molecule has 19 rings (SSSR count). The minimum atomic E-state index is -0.653. The van der Waals surface area contributed by atoms with E-state index in [0.29, 0.717) is 55.5 Å². The Morgan fingerprint density at radius 1 is 0.460 bits per heavy atom. The average Bonchev–Trinajstić information content (AvgIpc) is 1.58. The normalized spacial score (nSPS) is 23.2. The van der Waals surface area contributed by atoms with E-state index < -0.39 is 54.0 Å². The fourth-order valence-electron chi connectivity index (χ4n) is 16.3. The Morgan fingerprint density at radius 2 is 0.839 bits per heavy atom. The summed E-state index contributed by atoms with van der Waals surface area (Å²) in [7, 11) is 3.93. The summed E-state index contributed by atoms with van der Waals surface area (Å²) in [5.74, 6) is 1.80. The number of aryl methyl sites for hydroxylation is 1. The van der Waals surface area contributed by atoms with E-state index in [0.717, 1.165) is 106 Å². The van der Waals surface area contributed by atoms with Gasteiger partial charge in [0, 0.05) is 121 Å². The fourth-order valence-corrected chi connectivity index (χ4v) is 17.0. The van der Waals surface area contributed by atoms with E-state index in [9.17, 15) is 28.8 Å². The predicted octanol–water partition coefficient (Wildman–Crippen LogP) is 13.7. The van der Waals surface area contributed by atoms with Gasteiger partial charge in [0.25, 0.3) is 0 Å². The van der Waals surface area contributed by atoms with Crippen molar-refractivity contribution in [3.63, 3.8) is 0 Å².